The standard InChI is InChI=1S/C12H18N2O3/c1-9-7-13-11(16)14(8-9)6-5-10(15)17-12(2,3)4/h7-8H,5-6H2,1-4H3. The highest BCUT2D eigenvalue weighted by Gasteiger charge is 2.16. The van der Waals surface area contributed by atoms with Crippen LogP contribution in [0.5, 0.6) is 0 Å². The van der Waals surface area contributed by atoms with Gasteiger partial charge in [0.25, 0.3) is 0 Å². The molecule has 0 aliphatic carbocycles. The molecule has 17 heavy (non-hydrogen) atoms. The van der Waals surface area contributed by atoms with Crippen molar-refractivity contribution in [2.24, 2.45) is 0 Å². The average molecular weight is 238 g/mol. The monoisotopic (exact) mass is 238 g/mol. The minimum absolute atomic E-state index is 0.169. The third-order valence-electron chi connectivity index (χ3n) is 1.96. The Morgan fingerprint density at radius 2 is 2.12 bits per heavy atom. The van der Waals surface area contributed by atoms with Crippen molar-refractivity contribution in [1.29, 1.82) is 0 Å². The van der Waals surface area contributed by atoms with Gasteiger partial charge >= 0.3 is 11.7 Å². The number of rotatable bonds is 3. The van der Waals surface area contributed by atoms with Crippen LogP contribution in [0.15, 0.2) is 17.2 Å². The molecular weight excluding hydrogens is 220 g/mol. The van der Waals surface area contributed by atoms with Crippen LogP contribution in [-0.4, -0.2) is 21.1 Å². The zero-order chi connectivity index (χ0) is 13.1. The Hall–Kier alpha value is -1.65. The molecule has 5 nitrogen and oxygen atoms in total. The average Bonchev–Trinajstić information content (AvgIpc) is 2.17. The molecule has 0 atom stereocenters. The first kappa shape index (κ1) is 13.4. The lowest BCUT2D eigenvalue weighted by Gasteiger charge is -2.19. The first-order valence-corrected chi connectivity index (χ1v) is 5.53. The Labute approximate surface area is 100 Å². The second-order valence-corrected chi connectivity index (χ2v) is 4.94. The fourth-order valence-electron chi connectivity index (χ4n) is 1.33. The van der Waals surface area contributed by atoms with Crippen LogP contribution in [-0.2, 0) is 16.1 Å². The van der Waals surface area contributed by atoms with Crippen molar-refractivity contribution in [1.82, 2.24) is 9.55 Å². The molecule has 0 saturated heterocycles. The highest BCUT2D eigenvalue weighted by atomic mass is 16.6. The molecule has 0 aliphatic heterocycles. The van der Waals surface area contributed by atoms with Gasteiger partial charge < -0.3 is 4.74 Å². The topological polar surface area (TPSA) is 61.2 Å². The lowest BCUT2D eigenvalue weighted by Crippen LogP contribution is -2.27. The van der Waals surface area contributed by atoms with Gasteiger partial charge in [-0.25, -0.2) is 9.78 Å². The summed E-state index contributed by atoms with van der Waals surface area (Å²) in [6.45, 7) is 7.57. The van der Waals surface area contributed by atoms with E-state index in [1.165, 1.54) is 10.8 Å². The molecule has 1 aromatic rings. The summed E-state index contributed by atoms with van der Waals surface area (Å²) in [7, 11) is 0. The number of nitrogens with zero attached hydrogens (tertiary/aromatic N) is 2. The summed E-state index contributed by atoms with van der Waals surface area (Å²) < 4.78 is 6.57. The van der Waals surface area contributed by atoms with Crippen LogP contribution in [0, 0.1) is 6.92 Å². The van der Waals surface area contributed by atoms with Gasteiger partial charge in [0.05, 0.1) is 6.42 Å². The van der Waals surface area contributed by atoms with E-state index in [4.69, 9.17) is 4.74 Å². The van der Waals surface area contributed by atoms with E-state index in [-0.39, 0.29) is 18.1 Å². The van der Waals surface area contributed by atoms with E-state index in [9.17, 15) is 9.59 Å². The highest BCUT2D eigenvalue weighted by Crippen LogP contribution is 2.08. The Morgan fingerprint density at radius 3 is 2.71 bits per heavy atom. The lowest BCUT2D eigenvalue weighted by atomic mass is 10.2. The smallest absolute Gasteiger partial charge is 0.347 e. The molecule has 0 unspecified atom stereocenters. The largest absolute Gasteiger partial charge is 0.460 e. The number of esters is 1. The Balaban J connectivity index is 2.59. The summed E-state index contributed by atoms with van der Waals surface area (Å²) in [5, 5.41) is 0. The zero-order valence-corrected chi connectivity index (χ0v) is 10.7. The van der Waals surface area contributed by atoms with E-state index in [2.05, 4.69) is 4.98 Å². The minimum atomic E-state index is -0.493. The molecule has 1 heterocycles. The van der Waals surface area contributed by atoms with Crippen molar-refractivity contribution in [3.63, 3.8) is 0 Å². The normalized spacial score (nSPS) is 11.3. The van der Waals surface area contributed by atoms with Gasteiger partial charge in [-0.05, 0) is 33.3 Å². The predicted molar refractivity (Wildman–Crippen MR) is 63.7 cm³/mol. The van der Waals surface area contributed by atoms with Crippen molar-refractivity contribution in [3.05, 3.63) is 28.4 Å². The molecule has 0 N–H and O–H groups in total. The van der Waals surface area contributed by atoms with Gasteiger partial charge in [-0.1, -0.05) is 0 Å². The SMILES string of the molecule is Cc1cnc(=O)n(CCC(=O)OC(C)(C)C)c1. The van der Waals surface area contributed by atoms with E-state index < -0.39 is 5.60 Å². The van der Waals surface area contributed by atoms with Gasteiger partial charge in [-0.2, -0.15) is 0 Å². The summed E-state index contributed by atoms with van der Waals surface area (Å²) in [5.41, 5.74) is 0.0420. The van der Waals surface area contributed by atoms with Gasteiger partial charge in [0, 0.05) is 18.9 Å². The third-order valence-corrected chi connectivity index (χ3v) is 1.96. The molecule has 0 saturated carbocycles. The predicted octanol–water partition coefficient (Wildman–Crippen LogP) is 1.28. The summed E-state index contributed by atoms with van der Waals surface area (Å²) in [4.78, 5) is 26.5. The maximum absolute atomic E-state index is 11.5. The Kier molecular flexibility index (Phi) is 4.04. The molecule has 0 spiro atoms. The molecular formula is C12H18N2O3. The van der Waals surface area contributed by atoms with E-state index in [0.717, 1.165) is 5.56 Å². The zero-order valence-electron chi connectivity index (χ0n) is 10.7. The number of aromatic nitrogens is 2. The fourth-order valence-corrected chi connectivity index (χ4v) is 1.33. The van der Waals surface area contributed by atoms with Crippen LogP contribution in [0.1, 0.15) is 32.8 Å². The lowest BCUT2D eigenvalue weighted by molar-refractivity contribution is -0.155. The molecule has 0 amide bonds. The molecule has 94 valence electrons. The van der Waals surface area contributed by atoms with Crippen LogP contribution >= 0.6 is 0 Å². The van der Waals surface area contributed by atoms with Gasteiger partial charge in [-0.3, -0.25) is 9.36 Å². The second-order valence-electron chi connectivity index (χ2n) is 4.94. The Bertz CT molecular complexity index is 458. The molecule has 1 aromatic heterocycles. The van der Waals surface area contributed by atoms with Crippen LogP contribution in [0.2, 0.25) is 0 Å². The molecule has 0 fully saturated rings. The Morgan fingerprint density at radius 1 is 1.47 bits per heavy atom. The van der Waals surface area contributed by atoms with Crippen LogP contribution < -0.4 is 5.69 Å². The number of carbonyl (C=O) groups excluding carboxylic acids is 1. The minimum Gasteiger partial charge on any atom is -0.460 e. The maximum atomic E-state index is 11.5. The summed E-state index contributed by atoms with van der Waals surface area (Å²) >= 11 is 0. The van der Waals surface area contributed by atoms with E-state index in [1.807, 2.05) is 27.7 Å². The van der Waals surface area contributed by atoms with Crippen LogP contribution in [0.3, 0.4) is 0 Å². The van der Waals surface area contributed by atoms with Gasteiger partial charge in [0.2, 0.25) is 0 Å². The number of hydrogen-bond acceptors (Lipinski definition) is 4. The first-order chi connectivity index (χ1) is 7.78. The molecule has 0 aliphatic rings. The number of ether oxygens (including phenoxy) is 1. The molecule has 0 radical (unpaired) electrons. The van der Waals surface area contributed by atoms with E-state index in [0.29, 0.717) is 6.54 Å². The quantitative estimate of drug-likeness (QED) is 0.744. The first-order valence-electron chi connectivity index (χ1n) is 5.53. The van der Waals surface area contributed by atoms with Crippen LogP contribution in [0.25, 0.3) is 0 Å². The molecule has 1 rings (SSSR count). The van der Waals surface area contributed by atoms with E-state index >= 15 is 0 Å². The molecule has 0 aromatic carbocycles. The third kappa shape index (κ3) is 4.80. The number of carbonyl (C=O) groups is 1. The maximum Gasteiger partial charge on any atom is 0.347 e. The van der Waals surface area contributed by atoms with Crippen LogP contribution in [0.4, 0.5) is 0 Å². The van der Waals surface area contributed by atoms with Crippen molar-refractivity contribution in [3.8, 4) is 0 Å². The van der Waals surface area contributed by atoms with Crippen molar-refractivity contribution >= 4 is 5.97 Å². The molecule has 5 heteroatoms. The summed E-state index contributed by atoms with van der Waals surface area (Å²) in [6, 6.07) is 0. The fraction of sp³-hybridized carbons (Fsp3) is 0.583. The van der Waals surface area contributed by atoms with Crippen molar-refractivity contribution in [2.75, 3.05) is 0 Å². The van der Waals surface area contributed by atoms with Crippen molar-refractivity contribution < 1.29 is 9.53 Å². The summed E-state index contributed by atoms with van der Waals surface area (Å²) in [5.74, 6) is -0.314. The van der Waals surface area contributed by atoms with Gasteiger partial charge in [-0.15, -0.1) is 0 Å². The number of hydrogen-bond donors (Lipinski definition) is 0. The van der Waals surface area contributed by atoms with Crippen molar-refractivity contribution in [2.45, 2.75) is 46.3 Å². The number of aryl methyl sites for hydroxylation is 2. The van der Waals surface area contributed by atoms with E-state index in [1.54, 1.807) is 6.20 Å². The molecule has 0 bridgehead atoms. The second kappa shape index (κ2) is 5.12. The highest BCUT2D eigenvalue weighted by molar-refractivity contribution is 5.69. The summed E-state index contributed by atoms with van der Waals surface area (Å²) in [6.07, 6.45) is 3.36. The van der Waals surface area contributed by atoms with Gasteiger partial charge in [0.1, 0.15) is 5.60 Å². The van der Waals surface area contributed by atoms with Gasteiger partial charge in [0.15, 0.2) is 0 Å².